The van der Waals surface area contributed by atoms with Crippen molar-refractivity contribution in [2.75, 3.05) is 19.7 Å². The summed E-state index contributed by atoms with van der Waals surface area (Å²) in [5.41, 5.74) is 4.58. The molecule has 152 valence electrons. The maximum Gasteiger partial charge on any atom is 0.223 e. The van der Waals surface area contributed by atoms with Gasteiger partial charge < -0.3 is 14.2 Å². The quantitative estimate of drug-likeness (QED) is 0.559. The number of amides is 1. The number of imidazole rings is 1. The van der Waals surface area contributed by atoms with E-state index in [4.69, 9.17) is 9.72 Å². The van der Waals surface area contributed by atoms with Crippen LogP contribution in [-0.2, 0) is 11.3 Å². The average molecular weight is 392 g/mol. The van der Waals surface area contributed by atoms with Crippen molar-refractivity contribution < 1.29 is 9.53 Å². The Hall–Kier alpha value is -2.82. The molecule has 1 unspecified atom stereocenters. The predicted octanol–water partition coefficient (Wildman–Crippen LogP) is 4.46. The first-order valence-corrected chi connectivity index (χ1v) is 10.5. The average Bonchev–Trinajstić information content (AvgIpc) is 3.28. The molecule has 1 fully saturated rings. The third-order valence-corrected chi connectivity index (χ3v) is 5.98. The second kappa shape index (κ2) is 8.27. The number of fused-ring (bicyclic) bond motifs is 1. The highest BCUT2D eigenvalue weighted by atomic mass is 16.5. The van der Waals surface area contributed by atoms with E-state index in [-0.39, 0.29) is 11.8 Å². The van der Waals surface area contributed by atoms with Crippen LogP contribution in [0.3, 0.4) is 0 Å². The van der Waals surface area contributed by atoms with Gasteiger partial charge in [0, 0.05) is 32.0 Å². The molecule has 1 amide bonds. The van der Waals surface area contributed by atoms with E-state index in [1.165, 1.54) is 11.1 Å². The normalized spacial score (nSPS) is 16.7. The van der Waals surface area contributed by atoms with Gasteiger partial charge in [-0.2, -0.15) is 0 Å². The molecule has 5 nitrogen and oxygen atoms in total. The molecule has 0 spiro atoms. The summed E-state index contributed by atoms with van der Waals surface area (Å²) in [5.74, 6) is 2.38. The number of aryl methyl sites for hydroxylation is 2. The lowest BCUT2D eigenvalue weighted by Gasteiger charge is -2.16. The van der Waals surface area contributed by atoms with Crippen LogP contribution in [0.2, 0.25) is 0 Å². The van der Waals surface area contributed by atoms with E-state index in [1.807, 2.05) is 30.0 Å². The van der Waals surface area contributed by atoms with E-state index in [0.717, 1.165) is 48.7 Å². The van der Waals surface area contributed by atoms with Gasteiger partial charge >= 0.3 is 0 Å². The van der Waals surface area contributed by atoms with E-state index in [9.17, 15) is 4.79 Å². The number of carbonyl (C=O) groups is 1. The van der Waals surface area contributed by atoms with Crippen molar-refractivity contribution in [3.05, 3.63) is 59.4 Å². The number of likely N-dealkylation sites (tertiary alicyclic amines) is 1. The minimum atomic E-state index is 0.162. The van der Waals surface area contributed by atoms with Crippen molar-refractivity contribution >= 4 is 16.9 Å². The van der Waals surface area contributed by atoms with Crippen LogP contribution in [0.15, 0.2) is 42.5 Å². The van der Waals surface area contributed by atoms with E-state index in [0.29, 0.717) is 13.0 Å². The molecule has 0 saturated carbocycles. The Kier molecular flexibility index (Phi) is 5.56. The van der Waals surface area contributed by atoms with Gasteiger partial charge in [0.05, 0.1) is 17.6 Å². The Morgan fingerprint density at radius 2 is 1.97 bits per heavy atom. The minimum absolute atomic E-state index is 0.162. The first-order valence-electron chi connectivity index (χ1n) is 10.5. The van der Waals surface area contributed by atoms with Crippen molar-refractivity contribution in [3.63, 3.8) is 0 Å². The molecular formula is C24H29N3O2. The third kappa shape index (κ3) is 3.86. The number of aromatic nitrogens is 2. The zero-order valence-corrected chi connectivity index (χ0v) is 17.5. The number of hydrogen-bond donors (Lipinski definition) is 0. The predicted molar refractivity (Wildman–Crippen MR) is 115 cm³/mol. The topological polar surface area (TPSA) is 47.4 Å². The van der Waals surface area contributed by atoms with Crippen molar-refractivity contribution in [2.45, 2.75) is 46.1 Å². The molecule has 1 aliphatic rings. The number of benzene rings is 2. The summed E-state index contributed by atoms with van der Waals surface area (Å²) in [7, 11) is 0. The maximum atomic E-state index is 12.3. The van der Waals surface area contributed by atoms with Crippen LogP contribution in [-0.4, -0.2) is 40.1 Å². The Morgan fingerprint density at radius 1 is 1.14 bits per heavy atom. The highest BCUT2D eigenvalue weighted by molar-refractivity contribution is 5.80. The Labute approximate surface area is 172 Å². The number of carbonyl (C=O) groups excluding carboxylic acids is 1. The van der Waals surface area contributed by atoms with Crippen molar-refractivity contribution in [1.82, 2.24) is 14.5 Å². The molecule has 1 atom stereocenters. The second-order valence-electron chi connectivity index (χ2n) is 7.84. The molecule has 0 radical (unpaired) electrons. The molecule has 1 saturated heterocycles. The first kappa shape index (κ1) is 19.5. The summed E-state index contributed by atoms with van der Waals surface area (Å²) < 4.78 is 8.34. The van der Waals surface area contributed by atoms with Crippen molar-refractivity contribution in [3.8, 4) is 5.75 Å². The molecule has 2 aromatic carbocycles. The Morgan fingerprint density at radius 3 is 2.76 bits per heavy atom. The van der Waals surface area contributed by atoms with Gasteiger partial charge in [-0.1, -0.05) is 24.3 Å². The maximum absolute atomic E-state index is 12.3. The van der Waals surface area contributed by atoms with E-state index >= 15 is 0 Å². The zero-order valence-electron chi connectivity index (χ0n) is 17.5. The highest BCUT2D eigenvalue weighted by Gasteiger charge is 2.33. The van der Waals surface area contributed by atoms with Crippen LogP contribution in [0.1, 0.15) is 42.6 Å². The van der Waals surface area contributed by atoms with Gasteiger partial charge in [0.2, 0.25) is 5.91 Å². The second-order valence-corrected chi connectivity index (χ2v) is 7.84. The Balaban J connectivity index is 1.50. The number of nitrogens with zero attached hydrogens (tertiary/aromatic N) is 3. The third-order valence-electron chi connectivity index (χ3n) is 5.98. The fourth-order valence-electron chi connectivity index (χ4n) is 4.18. The van der Waals surface area contributed by atoms with Crippen LogP contribution in [0.5, 0.6) is 5.75 Å². The standard InChI is InChI=1S/C24H29N3O2/c1-4-26-16-19(15-23(26)28)24-25-20-10-5-6-11-21(20)27(24)13-8-14-29-22-12-7-9-17(2)18(22)3/h5-7,9-12,19H,4,8,13-16H2,1-3H3. The molecule has 2 heterocycles. The van der Waals surface area contributed by atoms with Crippen LogP contribution < -0.4 is 4.74 Å². The minimum Gasteiger partial charge on any atom is -0.493 e. The molecule has 0 bridgehead atoms. The van der Waals surface area contributed by atoms with Crippen LogP contribution >= 0.6 is 0 Å². The number of ether oxygens (including phenoxy) is 1. The van der Waals surface area contributed by atoms with Gasteiger partial charge in [0.1, 0.15) is 11.6 Å². The number of para-hydroxylation sites is 2. The molecular weight excluding hydrogens is 362 g/mol. The van der Waals surface area contributed by atoms with Crippen LogP contribution in [0.25, 0.3) is 11.0 Å². The largest absolute Gasteiger partial charge is 0.493 e. The van der Waals surface area contributed by atoms with Gasteiger partial charge in [-0.25, -0.2) is 4.98 Å². The molecule has 1 aliphatic heterocycles. The lowest BCUT2D eigenvalue weighted by Crippen LogP contribution is -2.24. The van der Waals surface area contributed by atoms with Crippen molar-refractivity contribution in [2.24, 2.45) is 0 Å². The number of hydrogen-bond acceptors (Lipinski definition) is 3. The van der Waals surface area contributed by atoms with E-state index < -0.39 is 0 Å². The van der Waals surface area contributed by atoms with Gasteiger partial charge in [-0.15, -0.1) is 0 Å². The summed E-state index contributed by atoms with van der Waals surface area (Å²) in [5, 5.41) is 0. The summed E-state index contributed by atoms with van der Waals surface area (Å²) in [6.45, 7) is 9.25. The van der Waals surface area contributed by atoms with Crippen LogP contribution in [0, 0.1) is 13.8 Å². The van der Waals surface area contributed by atoms with Gasteiger partial charge in [-0.05, 0) is 56.5 Å². The zero-order chi connectivity index (χ0) is 20.4. The molecule has 29 heavy (non-hydrogen) atoms. The fraction of sp³-hybridized carbons (Fsp3) is 0.417. The highest BCUT2D eigenvalue weighted by Crippen LogP contribution is 2.30. The molecule has 1 aromatic heterocycles. The molecule has 0 N–H and O–H groups in total. The number of rotatable bonds is 7. The van der Waals surface area contributed by atoms with Gasteiger partial charge in [-0.3, -0.25) is 4.79 Å². The molecule has 5 heteroatoms. The van der Waals surface area contributed by atoms with E-state index in [1.54, 1.807) is 0 Å². The Bertz CT molecular complexity index is 1020. The lowest BCUT2D eigenvalue weighted by molar-refractivity contribution is -0.127. The fourth-order valence-corrected chi connectivity index (χ4v) is 4.18. The van der Waals surface area contributed by atoms with Crippen molar-refractivity contribution in [1.29, 1.82) is 0 Å². The molecule has 3 aromatic rings. The summed E-state index contributed by atoms with van der Waals surface area (Å²) in [6, 6.07) is 14.4. The smallest absolute Gasteiger partial charge is 0.223 e. The number of likely N-dealkylation sites (N-methyl/N-ethyl adjacent to an activating group) is 1. The molecule has 4 rings (SSSR count). The van der Waals surface area contributed by atoms with Gasteiger partial charge in [0.15, 0.2) is 0 Å². The molecule has 0 aliphatic carbocycles. The lowest BCUT2D eigenvalue weighted by atomic mass is 10.1. The van der Waals surface area contributed by atoms with E-state index in [2.05, 4.69) is 42.7 Å². The first-order chi connectivity index (χ1) is 14.1. The summed E-state index contributed by atoms with van der Waals surface area (Å²) in [6.07, 6.45) is 1.44. The summed E-state index contributed by atoms with van der Waals surface area (Å²) in [4.78, 5) is 19.1. The SMILES string of the molecule is CCN1CC(c2nc3ccccc3n2CCCOc2cccc(C)c2C)CC1=O. The monoisotopic (exact) mass is 391 g/mol. The van der Waals surface area contributed by atoms with Gasteiger partial charge in [0.25, 0.3) is 0 Å². The summed E-state index contributed by atoms with van der Waals surface area (Å²) >= 11 is 0. The van der Waals surface area contributed by atoms with Crippen LogP contribution in [0.4, 0.5) is 0 Å².